The van der Waals surface area contributed by atoms with Crippen molar-refractivity contribution in [3.8, 4) is 5.75 Å². The molecule has 0 saturated heterocycles. The summed E-state index contributed by atoms with van der Waals surface area (Å²) in [5.74, 6) is 0.703. The maximum atomic E-state index is 10.4. The predicted molar refractivity (Wildman–Crippen MR) is 74.7 cm³/mol. The second-order valence-electron chi connectivity index (χ2n) is 3.20. The van der Waals surface area contributed by atoms with Crippen LogP contribution in [0.3, 0.4) is 0 Å². The van der Waals surface area contributed by atoms with Crippen molar-refractivity contribution in [2.24, 2.45) is 0 Å². The van der Waals surface area contributed by atoms with Crippen molar-refractivity contribution in [3.63, 3.8) is 0 Å². The molecule has 0 aliphatic carbocycles. The zero-order valence-electron chi connectivity index (χ0n) is 9.35. The van der Waals surface area contributed by atoms with Gasteiger partial charge in [-0.05, 0) is 36.1 Å². The first-order valence-corrected chi connectivity index (χ1v) is 7.14. The number of carboxylic acid groups (broad SMARTS) is 1. The van der Waals surface area contributed by atoms with Gasteiger partial charge in [0.2, 0.25) is 0 Å². The number of ether oxygens (including phenoxy) is 1. The number of halogens is 1. The molecule has 1 N–H and O–H groups in total. The van der Waals surface area contributed by atoms with Crippen molar-refractivity contribution in [1.29, 1.82) is 0 Å². The lowest BCUT2D eigenvalue weighted by atomic mass is 10.2. The summed E-state index contributed by atoms with van der Waals surface area (Å²) in [6.07, 6.45) is 4.66. The molecule has 5 heteroatoms. The van der Waals surface area contributed by atoms with Crippen molar-refractivity contribution in [2.45, 2.75) is 0 Å². The fourth-order valence-electron chi connectivity index (χ4n) is 1.14. The number of hydrogen-bond donors (Lipinski definition) is 1. The van der Waals surface area contributed by atoms with Gasteiger partial charge < -0.3 is 9.84 Å². The molecule has 0 aliphatic rings. The second-order valence-corrected chi connectivity index (χ2v) is 5.04. The van der Waals surface area contributed by atoms with E-state index >= 15 is 0 Å². The van der Waals surface area contributed by atoms with Gasteiger partial charge >= 0.3 is 5.97 Å². The van der Waals surface area contributed by atoms with Crippen molar-refractivity contribution in [1.82, 2.24) is 0 Å². The number of thioether (sulfide) groups is 1. The Kier molecular flexibility index (Phi) is 6.15. The van der Waals surface area contributed by atoms with Gasteiger partial charge in [-0.15, -0.1) is 0 Å². The third kappa shape index (κ3) is 5.28. The van der Waals surface area contributed by atoms with E-state index in [4.69, 9.17) is 9.84 Å². The first-order valence-electron chi connectivity index (χ1n) is 4.96. The smallest absolute Gasteiger partial charge is 0.328 e. The number of benzene rings is 1. The number of aliphatic carboxylic acids is 1. The van der Waals surface area contributed by atoms with Gasteiger partial charge in [0.05, 0.1) is 6.61 Å². The van der Waals surface area contributed by atoms with E-state index < -0.39 is 5.97 Å². The Bertz CT molecular complexity index is 418. The summed E-state index contributed by atoms with van der Waals surface area (Å²) in [5, 5.41) is 8.57. The monoisotopic (exact) mass is 316 g/mol. The Labute approximate surface area is 113 Å². The van der Waals surface area contributed by atoms with E-state index in [0.29, 0.717) is 6.61 Å². The van der Waals surface area contributed by atoms with Crippen LogP contribution in [0.1, 0.15) is 5.56 Å². The fourth-order valence-corrected chi connectivity index (χ4v) is 1.77. The van der Waals surface area contributed by atoms with E-state index in [1.54, 1.807) is 11.8 Å². The van der Waals surface area contributed by atoms with Crippen LogP contribution in [0.15, 0.2) is 28.7 Å². The SMILES string of the molecule is CSCCOc1ccc(Br)c(/C=C/C(=O)O)c1. The summed E-state index contributed by atoms with van der Waals surface area (Å²) < 4.78 is 6.37. The maximum absolute atomic E-state index is 10.4. The topological polar surface area (TPSA) is 46.5 Å². The number of carboxylic acids is 1. The van der Waals surface area contributed by atoms with Crippen molar-refractivity contribution in [3.05, 3.63) is 34.3 Å². The molecule has 0 saturated carbocycles. The summed E-state index contributed by atoms with van der Waals surface area (Å²) in [6, 6.07) is 5.50. The molecule has 0 atom stereocenters. The first kappa shape index (κ1) is 14.1. The molecule has 0 bridgehead atoms. The van der Waals surface area contributed by atoms with Crippen molar-refractivity contribution < 1.29 is 14.6 Å². The summed E-state index contributed by atoms with van der Waals surface area (Å²) in [5.41, 5.74) is 0.786. The molecule has 0 heterocycles. The van der Waals surface area contributed by atoms with Crippen LogP contribution >= 0.6 is 27.7 Å². The Hall–Kier alpha value is -0.940. The Balaban J connectivity index is 2.75. The van der Waals surface area contributed by atoms with Crippen LogP contribution in [0.2, 0.25) is 0 Å². The average Bonchev–Trinajstić information content (AvgIpc) is 2.29. The lowest BCUT2D eigenvalue weighted by molar-refractivity contribution is -0.131. The van der Waals surface area contributed by atoms with Crippen molar-refractivity contribution >= 4 is 39.7 Å². The molecule has 0 radical (unpaired) electrons. The van der Waals surface area contributed by atoms with E-state index in [1.165, 1.54) is 6.08 Å². The highest BCUT2D eigenvalue weighted by atomic mass is 79.9. The second kappa shape index (κ2) is 7.40. The third-order valence-electron chi connectivity index (χ3n) is 1.93. The zero-order chi connectivity index (χ0) is 12.7. The van der Waals surface area contributed by atoms with Crippen LogP contribution in [0, 0.1) is 0 Å². The minimum absolute atomic E-state index is 0.644. The molecule has 0 spiro atoms. The summed E-state index contributed by atoms with van der Waals surface area (Å²) >= 11 is 5.07. The summed E-state index contributed by atoms with van der Waals surface area (Å²) in [6.45, 7) is 0.644. The fraction of sp³-hybridized carbons (Fsp3) is 0.250. The van der Waals surface area contributed by atoms with E-state index in [9.17, 15) is 4.79 Å². The quantitative estimate of drug-likeness (QED) is 0.646. The molecule has 0 unspecified atom stereocenters. The number of hydrogen-bond acceptors (Lipinski definition) is 3. The number of rotatable bonds is 6. The van der Waals surface area contributed by atoms with Gasteiger partial charge in [-0.2, -0.15) is 11.8 Å². The number of carbonyl (C=O) groups is 1. The minimum atomic E-state index is -0.967. The van der Waals surface area contributed by atoms with Gasteiger partial charge in [-0.1, -0.05) is 15.9 Å². The summed E-state index contributed by atoms with van der Waals surface area (Å²) in [7, 11) is 0. The molecular formula is C12H13BrO3S. The predicted octanol–water partition coefficient (Wildman–Crippen LogP) is 3.29. The Morgan fingerprint density at radius 3 is 3.00 bits per heavy atom. The van der Waals surface area contributed by atoms with Crippen LogP contribution in [-0.4, -0.2) is 29.7 Å². The molecule has 17 heavy (non-hydrogen) atoms. The van der Waals surface area contributed by atoms with Crippen LogP contribution in [0.4, 0.5) is 0 Å². The average molecular weight is 317 g/mol. The van der Waals surface area contributed by atoms with Crippen LogP contribution in [0.5, 0.6) is 5.75 Å². The van der Waals surface area contributed by atoms with Gasteiger partial charge in [-0.25, -0.2) is 4.79 Å². The van der Waals surface area contributed by atoms with Crippen molar-refractivity contribution in [2.75, 3.05) is 18.6 Å². The largest absolute Gasteiger partial charge is 0.493 e. The maximum Gasteiger partial charge on any atom is 0.328 e. The van der Waals surface area contributed by atoms with Gasteiger partial charge in [0.25, 0.3) is 0 Å². The zero-order valence-corrected chi connectivity index (χ0v) is 11.8. The van der Waals surface area contributed by atoms with E-state index in [-0.39, 0.29) is 0 Å². The van der Waals surface area contributed by atoms with Crippen LogP contribution in [0.25, 0.3) is 6.08 Å². The minimum Gasteiger partial charge on any atom is -0.493 e. The lowest BCUT2D eigenvalue weighted by Crippen LogP contribution is -1.99. The highest BCUT2D eigenvalue weighted by molar-refractivity contribution is 9.10. The first-order chi connectivity index (χ1) is 8.13. The molecule has 0 amide bonds. The van der Waals surface area contributed by atoms with Gasteiger partial charge in [-0.3, -0.25) is 0 Å². The molecule has 92 valence electrons. The molecule has 0 aliphatic heterocycles. The molecular weight excluding hydrogens is 304 g/mol. The Morgan fingerprint density at radius 1 is 1.59 bits per heavy atom. The van der Waals surface area contributed by atoms with E-state index in [1.807, 2.05) is 24.5 Å². The molecule has 1 aromatic rings. The van der Waals surface area contributed by atoms with Gasteiger partial charge in [0, 0.05) is 16.3 Å². The molecule has 0 aromatic heterocycles. The Morgan fingerprint density at radius 2 is 2.35 bits per heavy atom. The van der Waals surface area contributed by atoms with E-state index in [0.717, 1.165) is 27.6 Å². The standard InChI is InChI=1S/C12H13BrO3S/c1-17-7-6-16-10-3-4-11(13)9(8-10)2-5-12(14)15/h2-5,8H,6-7H2,1H3,(H,14,15)/b5-2+. The molecule has 0 fully saturated rings. The highest BCUT2D eigenvalue weighted by Crippen LogP contribution is 2.23. The lowest BCUT2D eigenvalue weighted by Gasteiger charge is -2.07. The van der Waals surface area contributed by atoms with Crippen LogP contribution in [-0.2, 0) is 4.79 Å². The molecule has 1 rings (SSSR count). The van der Waals surface area contributed by atoms with Gasteiger partial charge in [0.15, 0.2) is 0 Å². The highest BCUT2D eigenvalue weighted by Gasteiger charge is 2.00. The van der Waals surface area contributed by atoms with E-state index in [2.05, 4.69) is 15.9 Å². The normalized spacial score (nSPS) is 10.7. The summed E-state index contributed by atoms with van der Waals surface area (Å²) in [4.78, 5) is 10.4. The molecule has 1 aromatic carbocycles. The third-order valence-corrected chi connectivity index (χ3v) is 3.23. The van der Waals surface area contributed by atoms with Gasteiger partial charge in [0.1, 0.15) is 5.75 Å². The van der Waals surface area contributed by atoms with Crippen LogP contribution < -0.4 is 4.74 Å². The molecule has 3 nitrogen and oxygen atoms in total.